The van der Waals surface area contributed by atoms with Crippen molar-refractivity contribution < 1.29 is 0 Å². The summed E-state index contributed by atoms with van der Waals surface area (Å²) >= 11 is 1.58. The minimum atomic E-state index is 0.217. The van der Waals surface area contributed by atoms with Crippen molar-refractivity contribution in [3.05, 3.63) is 5.01 Å². The first-order valence-corrected chi connectivity index (χ1v) is 5.59. The zero-order valence-electron chi connectivity index (χ0n) is 9.00. The van der Waals surface area contributed by atoms with Crippen LogP contribution in [0.25, 0.3) is 0 Å². The molecule has 0 amide bonds. The van der Waals surface area contributed by atoms with E-state index in [9.17, 15) is 0 Å². The van der Waals surface area contributed by atoms with Gasteiger partial charge in [0, 0.05) is 6.54 Å². The van der Waals surface area contributed by atoms with Gasteiger partial charge >= 0.3 is 0 Å². The number of hydrogen-bond donors (Lipinski definition) is 2. The second-order valence-electron chi connectivity index (χ2n) is 4.18. The normalized spacial score (nSPS) is 11.7. The van der Waals surface area contributed by atoms with Crippen LogP contribution < -0.4 is 11.1 Å². The van der Waals surface area contributed by atoms with Gasteiger partial charge in [-0.2, -0.15) is 0 Å². The largest absolute Gasteiger partial charge is 0.360 e. The molecule has 0 unspecified atom stereocenters. The van der Waals surface area contributed by atoms with Gasteiger partial charge in [-0.25, -0.2) is 0 Å². The van der Waals surface area contributed by atoms with E-state index in [0.717, 1.165) is 29.6 Å². The van der Waals surface area contributed by atoms with Crippen LogP contribution in [0, 0.1) is 12.3 Å². The standard InChI is InChI=1S/C9H18N4S/c1-7-12-13-8(14-7)11-6-9(2,3)4-5-10/h4-6,10H2,1-3H3,(H,11,13). The lowest BCUT2D eigenvalue weighted by molar-refractivity contribution is 0.365. The predicted octanol–water partition coefficient (Wildman–Crippen LogP) is 1.63. The molecule has 80 valence electrons. The molecule has 0 radical (unpaired) electrons. The molecule has 0 fully saturated rings. The minimum absolute atomic E-state index is 0.217. The van der Waals surface area contributed by atoms with E-state index in [2.05, 4.69) is 29.4 Å². The Morgan fingerprint density at radius 1 is 1.43 bits per heavy atom. The van der Waals surface area contributed by atoms with E-state index in [1.165, 1.54) is 0 Å². The van der Waals surface area contributed by atoms with E-state index in [4.69, 9.17) is 5.73 Å². The number of hydrogen-bond acceptors (Lipinski definition) is 5. The Kier molecular flexibility index (Phi) is 3.83. The van der Waals surface area contributed by atoms with Gasteiger partial charge in [0.2, 0.25) is 5.13 Å². The smallest absolute Gasteiger partial charge is 0.205 e. The number of aryl methyl sites for hydroxylation is 1. The maximum atomic E-state index is 5.53. The van der Waals surface area contributed by atoms with Crippen molar-refractivity contribution in [1.29, 1.82) is 0 Å². The van der Waals surface area contributed by atoms with Crippen molar-refractivity contribution in [3.63, 3.8) is 0 Å². The van der Waals surface area contributed by atoms with Gasteiger partial charge in [0.1, 0.15) is 5.01 Å². The van der Waals surface area contributed by atoms with Gasteiger partial charge in [-0.3, -0.25) is 0 Å². The molecule has 0 spiro atoms. The van der Waals surface area contributed by atoms with Crippen LogP contribution in [0.4, 0.5) is 5.13 Å². The lowest BCUT2D eigenvalue weighted by Crippen LogP contribution is -2.26. The predicted molar refractivity (Wildman–Crippen MR) is 60.6 cm³/mol. The second kappa shape index (κ2) is 4.70. The zero-order valence-corrected chi connectivity index (χ0v) is 9.82. The van der Waals surface area contributed by atoms with Gasteiger partial charge in [-0.05, 0) is 25.3 Å². The van der Waals surface area contributed by atoms with Gasteiger partial charge in [0.15, 0.2) is 0 Å². The van der Waals surface area contributed by atoms with Gasteiger partial charge in [-0.1, -0.05) is 25.2 Å². The van der Waals surface area contributed by atoms with E-state index in [1.54, 1.807) is 11.3 Å². The molecule has 0 aliphatic heterocycles. The number of anilines is 1. The highest BCUT2D eigenvalue weighted by molar-refractivity contribution is 7.15. The summed E-state index contributed by atoms with van der Waals surface area (Å²) in [6.07, 6.45) is 1.01. The monoisotopic (exact) mass is 214 g/mol. The molecule has 1 aromatic rings. The van der Waals surface area contributed by atoms with E-state index in [0.29, 0.717) is 0 Å². The summed E-state index contributed by atoms with van der Waals surface area (Å²) in [6, 6.07) is 0. The fraction of sp³-hybridized carbons (Fsp3) is 0.778. The van der Waals surface area contributed by atoms with Gasteiger partial charge in [0.25, 0.3) is 0 Å². The summed E-state index contributed by atoms with van der Waals surface area (Å²) < 4.78 is 0. The molecule has 0 aliphatic rings. The van der Waals surface area contributed by atoms with Crippen molar-refractivity contribution in [2.45, 2.75) is 27.2 Å². The Morgan fingerprint density at radius 3 is 2.64 bits per heavy atom. The highest BCUT2D eigenvalue weighted by Gasteiger charge is 2.16. The maximum absolute atomic E-state index is 5.53. The summed E-state index contributed by atoms with van der Waals surface area (Å²) in [4.78, 5) is 0. The number of aromatic nitrogens is 2. The molecule has 4 nitrogen and oxygen atoms in total. The lowest BCUT2D eigenvalue weighted by atomic mass is 9.89. The Hall–Kier alpha value is -0.680. The van der Waals surface area contributed by atoms with Crippen LogP contribution in [0.2, 0.25) is 0 Å². The lowest BCUT2D eigenvalue weighted by Gasteiger charge is -2.23. The molecule has 0 aromatic carbocycles. The molecular formula is C9H18N4S. The van der Waals surface area contributed by atoms with Crippen LogP contribution in [-0.4, -0.2) is 23.3 Å². The van der Waals surface area contributed by atoms with Gasteiger partial charge < -0.3 is 11.1 Å². The molecule has 3 N–H and O–H groups in total. The first kappa shape index (κ1) is 11.4. The average Bonchev–Trinajstić information content (AvgIpc) is 2.48. The second-order valence-corrected chi connectivity index (χ2v) is 5.36. The van der Waals surface area contributed by atoms with Crippen LogP contribution in [0.15, 0.2) is 0 Å². The van der Waals surface area contributed by atoms with Gasteiger partial charge in [-0.15, -0.1) is 10.2 Å². The van der Waals surface area contributed by atoms with Crippen LogP contribution in [0.1, 0.15) is 25.3 Å². The summed E-state index contributed by atoms with van der Waals surface area (Å²) in [7, 11) is 0. The molecule has 0 saturated carbocycles. The topological polar surface area (TPSA) is 63.8 Å². The summed E-state index contributed by atoms with van der Waals surface area (Å²) in [5.74, 6) is 0. The SMILES string of the molecule is Cc1nnc(NCC(C)(C)CCN)s1. The Bertz CT molecular complexity index is 282. The van der Waals surface area contributed by atoms with Crippen LogP contribution >= 0.6 is 11.3 Å². The summed E-state index contributed by atoms with van der Waals surface area (Å²) in [6.45, 7) is 7.96. The molecular weight excluding hydrogens is 196 g/mol. The Morgan fingerprint density at radius 2 is 2.14 bits per heavy atom. The van der Waals surface area contributed by atoms with Crippen LogP contribution in [0.5, 0.6) is 0 Å². The summed E-state index contributed by atoms with van der Waals surface area (Å²) in [5.41, 5.74) is 5.75. The molecule has 5 heteroatoms. The first-order chi connectivity index (χ1) is 6.53. The molecule has 0 aliphatic carbocycles. The van der Waals surface area contributed by atoms with Crippen LogP contribution in [-0.2, 0) is 0 Å². The summed E-state index contributed by atoms with van der Waals surface area (Å²) in [5, 5.41) is 13.1. The van der Waals surface area contributed by atoms with Crippen molar-refractivity contribution in [1.82, 2.24) is 10.2 Å². The van der Waals surface area contributed by atoms with Crippen LogP contribution in [0.3, 0.4) is 0 Å². The number of nitrogens with zero attached hydrogens (tertiary/aromatic N) is 2. The van der Waals surface area contributed by atoms with E-state index in [1.807, 2.05) is 6.92 Å². The first-order valence-electron chi connectivity index (χ1n) is 4.77. The van der Waals surface area contributed by atoms with E-state index >= 15 is 0 Å². The maximum Gasteiger partial charge on any atom is 0.205 e. The minimum Gasteiger partial charge on any atom is -0.360 e. The zero-order chi connectivity index (χ0) is 10.6. The number of nitrogens with one attached hydrogen (secondary N) is 1. The molecule has 1 aromatic heterocycles. The molecule has 1 heterocycles. The Labute approximate surface area is 88.9 Å². The Balaban J connectivity index is 2.40. The third-order valence-corrected chi connectivity index (χ3v) is 2.86. The highest BCUT2D eigenvalue weighted by Crippen LogP contribution is 2.21. The average molecular weight is 214 g/mol. The van der Waals surface area contributed by atoms with E-state index in [-0.39, 0.29) is 5.41 Å². The third kappa shape index (κ3) is 3.59. The molecule has 0 bridgehead atoms. The number of nitrogens with two attached hydrogens (primary N) is 1. The van der Waals surface area contributed by atoms with Crippen molar-refractivity contribution in [2.24, 2.45) is 11.1 Å². The third-order valence-electron chi connectivity index (χ3n) is 2.07. The highest BCUT2D eigenvalue weighted by atomic mass is 32.1. The van der Waals surface area contributed by atoms with Crippen molar-refractivity contribution in [2.75, 3.05) is 18.4 Å². The van der Waals surface area contributed by atoms with Crippen molar-refractivity contribution >= 4 is 16.5 Å². The van der Waals surface area contributed by atoms with Crippen molar-refractivity contribution in [3.8, 4) is 0 Å². The number of rotatable bonds is 5. The quantitative estimate of drug-likeness (QED) is 0.782. The fourth-order valence-electron chi connectivity index (χ4n) is 1.16. The molecule has 1 rings (SSSR count). The fourth-order valence-corrected chi connectivity index (χ4v) is 1.75. The molecule has 14 heavy (non-hydrogen) atoms. The molecule has 0 atom stereocenters. The van der Waals surface area contributed by atoms with E-state index < -0.39 is 0 Å². The molecule has 0 saturated heterocycles. The van der Waals surface area contributed by atoms with Gasteiger partial charge in [0.05, 0.1) is 0 Å².